The Morgan fingerprint density at radius 1 is 0.750 bits per heavy atom. The number of benzene rings is 1. The number of aliphatic hydroxyl groups excluding tert-OH is 2. The second-order valence-corrected chi connectivity index (χ2v) is 16.1. The molecule has 0 spiro atoms. The SMILES string of the molecule is CC(C)OP(=O)(OC(C)C)[C@H]1C[C@H](O)[C@@H](COC(=O)c2ccccc2)O1.CC[C@H]1O[C@@H](P(=O)(OC(C)C)OC(C)C)C[C@@H]1O. The minimum atomic E-state index is -3.58. The van der Waals surface area contributed by atoms with Crippen LogP contribution in [0.4, 0.5) is 0 Å². The lowest BCUT2D eigenvalue weighted by atomic mass is 10.1. The highest BCUT2D eigenvalue weighted by atomic mass is 31.2. The van der Waals surface area contributed by atoms with E-state index in [0.717, 1.165) is 0 Å². The van der Waals surface area contributed by atoms with Crippen LogP contribution in [0.25, 0.3) is 0 Å². The topological polar surface area (TPSA) is 156 Å². The smallest absolute Gasteiger partial charge is 0.359 e. The molecule has 0 aromatic heterocycles. The summed E-state index contributed by atoms with van der Waals surface area (Å²) >= 11 is 0. The second-order valence-electron chi connectivity index (χ2n) is 11.9. The monoisotopic (exact) mass is 666 g/mol. The van der Waals surface area contributed by atoms with Gasteiger partial charge in [0.1, 0.15) is 12.7 Å². The fourth-order valence-corrected chi connectivity index (χ4v) is 9.20. The lowest BCUT2D eigenvalue weighted by Gasteiger charge is -2.27. The molecule has 2 N–H and O–H groups in total. The van der Waals surface area contributed by atoms with Crippen LogP contribution in [0, 0.1) is 0 Å². The van der Waals surface area contributed by atoms with E-state index in [-0.39, 0.29) is 43.5 Å². The van der Waals surface area contributed by atoms with Gasteiger partial charge in [-0.1, -0.05) is 25.1 Å². The van der Waals surface area contributed by atoms with E-state index in [1.54, 1.807) is 85.7 Å². The Bertz CT molecular complexity index is 1070. The van der Waals surface area contributed by atoms with Crippen molar-refractivity contribution in [1.82, 2.24) is 0 Å². The van der Waals surface area contributed by atoms with Gasteiger partial charge in [-0.3, -0.25) is 9.13 Å². The molecule has 0 amide bonds. The minimum Gasteiger partial charge on any atom is -0.459 e. The molecular weight excluding hydrogens is 614 g/mol. The van der Waals surface area contributed by atoms with Crippen molar-refractivity contribution in [3.05, 3.63) is 35.9 Å². The zero-order valence-corrected chi connectivity index (χ0v) is 29.1. The summed E-state index contributed by atoms with van der Waals surface area (Å²) in [5.74, 6) is -2.07. The van der Waals surface area contributed by atoms with Gasteiger partial charge in [0.2, 0.25) is 0 Å². The molecule has 1 aromatic carbocycles. The fraction of sp³-hybridized carbons (Fsp3) is 0.767. The van der Waals surface area contributed by atoms with Crippen LogP contribution in [-0.2, 0) is 41.4 Å². The molecule has 0 radical (unpaired) electrons. The summed E-state index contributed by atoms with van der Waals surface area (Å²) in [7, 11) is -6.93. The third-order valence-electron chi connectivity index (χ3n) is 6.34. The van der Waals surface area contributed by atoms with Gasteiger partial charge < -0.3 is 42.5 Å². The van der Waals surface area contributed by atoms with Crippen LogP contribution in [0.15, 0.2) is 30.3 Å². The molecule has 2 aliphatic heterocycles. The molecule has 0 bridgehead atoms. The van der Waals surface area contributed by atoms with E-state index in [2.05, 4.69) is 0 Å². The highest BCUT2D eigenvalue weighted by Gasteiger charge is 2.49. The molecule has 0 unspecified atom stereocenters. The first-order valence-corrected chi connectivity index (χ1v) is 18.5. The van der Waals surface area contributed by atoms with Gasteiger partial charge in [0.05, 0.1) is 48.3 Å². The van der Waals surface area contributed by atoms with Gasteiger partial charge in [0.15, 0.2) is 11.7 Å². The van der Waals surface area contributed by atoms with Crippen LogP contribution in [-0.4, -0.2) is 83.3 Å². The van der Waals surface area contributed by atoms with Crippen molar-refractivity contribution in [3.63, 3.8) is 0 Å². The number of carbonyl (C=O) groups excluding carboxylic acids is 1. The van der Waals surface area contributed by atoms with Crippen LogP contribution >= 0.6 is 15.2 Å². The average molecular weight is 667 g/mol. The maximum atomic E-state index is 13.1. The number of rotatable bonds is 14. The molecule has 12 nitrogen and oxygen atoms in total. The normalized spacial score (nSPS) is 26.0. The molecule has 2 aliphatic rings. The fourth-order valence-electron chi connectivity index (χ4n) is 4.65. The van der Waals surface area contributed by atoms with Gasteiger partial charge in [-0.05, 0) is 73.9 Å². The van der Waals surface area contributed by atoms with E-state index in [0.29, 0.717) is 18.4 Å². The van der Waals surface area contributed by atoms with E-state index in [9.17, 15) is 24.1 Å². The number of aliphatic hydroxyl groups is 2. The van der Waals surface area contributed by atoms with Gasteiger partial charge >= 0.3 is 21.2 Å². The zero-order valence-electron chi connectivity index (χ0n) is 27.4. The minimum absolute atomic E-state index is 0.0876. The van der Waals surface area contributed by atoms with Crippen molar-refractivity contribution in [2.45, 2.75) is 142 Å². The second kappa shape index (κ2) is 17.7. The van der Waals surface area contributed by atoms with E-state index in [1.807, 2.05) is 6.92 Å². The first-order chi connectivity index (χ1) is 20.5. The number of esters is 1. The Kier molecular flexibility index (Phi) is 15.7. The molecule has 2 saturated heterocycles. The zero-order chi connectivity index (χ0) is 33.2. The number of hydrogen-bond donors (Lipinski definition) is 2. The summed E-state index contributed by atoms with van der Waals surface area (Å²) in [6, 6.07) is 8.54. The maximum absolute atomic E-state index is 13.1. The molecule has 2 fully saturated rings. The summed E-state index contributed by atoms with van der Waals surface area (Å²) < 4.78 is 64.4. The molecule has 2 heterocycles. The molecule has 6 atom stereocenters. The average Bonchev–Trinajstić information content (AvgIpc) is 3.49. The lowest BCUT2D eigenvalue weighted by molar-refractivity contribution is -0.0267. The molecule has 3 rings (SSSR count). The van der Waals surface area contributed by atoms with Gasteiger partial charge in [0.25, 0.3) is 0 Å². The van der Waals surface area contributed by atoms with Gasteiger partial charge in [-0.25, -0.2) is 4.79 Å². The Morgan fingerprint density at radius 3 is 1.50 bits per heavy atom. The third kappa shape index (κ3) is 11.9. The van der Waals surface area contributed by atoms with E-state index < -0.39 is 51.2 Å². The maximum Gasteiger partial charge on any atom is 0.359 e. The summed E-state index contributed by atoms with van der Waals surface area (Å²) in [5, 5.41) is 20.1. The predicted molar refractivity (Wildman–Crippen MR) is 166 cm³/mol. The lowest BCUT2D eigenvalue weighted by Crippen LogP contribution is -2.28. The van der Waals surface area contributed by atoms with E-state index >= 15 is 0 Å². The van der Waals surface area contributed by atoms with Crippen molar-refractivity contribution >= 4 is 21.2 Å². The highest BCUT2D eigenvalue weighted by molar-refractivity contribution is 7.54. The molecule has 0 saturated carbocycles. The summed E-state index contributed by atoms with van der Waals surface area (Å²) in [6.07, 6.45) is -2.59. The van der Waals surface area contributed by atoms with Crippen LogP contribution in [0.5, 0.6) is 0 Å². The molecule has 44 heavy (non-hydrogen) atoms. The Morgan fingerprint density at radius 2 is 1.14 bits per heavy atom. The van der Waals surface area contributed by atoms with Gasteiger partial charge in [-0.2, -0.15) is 0 Å². The Hall–Kier alpha value is -1.17. The molecule has 1 aromatic rings. The first-order valence-electron chi connectivity index (χ1n) is 15.3. The van der Waals surface area contributed by atoms with E-state index in [4.69, 9.17) is 32.3 Å². The van der Waals surface area contributed by atoms with Crippen LogP contribution < -0.4 is 0 Å². The van der Waals surface area contributed by atoms with Crippen LogP contribution in [0.1, 0.15) is 91.9 Å². The standard InChI is InChI=1S/C18H27O7P.C12H25O5P/c1-12(2)24-26(21,25-13(3)4)17-10-15(19)16(23-17)11-22-18(20)14-8-6-5-7-9-14;1-6-11-10(13)7-12(15-11)18(14,16-8(2)3)17-9(4)5/h5-9,12-13,15-17,19H,10-11H2,1-4H3;8-13H,6-7H2,1-5H3/t15-,16+,17-;10-,11+,12-/m00/s1. The molecular formula is C30H52O12P2. The number of hydrogen-bond acceptors (Lipinski definition) is 12. The number of ether oxygens (including phenoxy) is 3. The van der Waals surface area contributed by atoms with Crippen LogP contribution in [0.3, 0.4) is 0 Å². The molecule has 254 valence electrons. The number of carbonyl (C=O) groups is 1. The van der Waals surface area contributed by atoms with Crippen molar-refractivity contribution in [1.29, 1.82) is 0 Å². The first kappa shape index (κ1) is 39.0. The van der Waals surface area contributed by atoms with Crippen molar-refractivity contribution in [2.75, 3.05) is 6.61 Å². The highest BCUT2D eigenvalue weighted by Crippen LogP contribution is 2.60. The predicted octanol–water partition coefficient (Wildman–Crippen LogP) is 6.28. The molecule has 14 heteroatoms. The molecule has 0 aliphatic carbocycles. The summed E-state index contributed by atoms with van der Waals surface area (Å²) in [5.41, 5.74) is 0.411. The largest absolute Gasteiger partial charge is 0.459 e. The summed E-state index contributed by atoms with van der Waals surface area (Å²) in [4.78, 5) is 12.0. The van der Waals surface area contributed by atoms with Crippen LogP contribution in [0.2, 0.25) is 0 Å². The third-order valence-corrected chi connectivity index (χ3v) is 11.3. The van der Waals surface area contributed by atoms with E-state index in [1.165, 1.54) is 0 Å². The summed E-state index contributed by atoms with van der Waals surface area (Å²) in [6.45, 7) is 16.0. The van der Waals surface area contributed by atoms with Crippen molar-refractivity contribution < 1.29 is 56.4 Å². The Balaban J connectivity index is 0.000000329. The van der Waals surface area contributed by atoms with Crippen molar-refractivity contribution in [2.24, 2.45) is 0 Å². The van der Waals surface area contributed by atoms with Gasteiger partial charge in [0, 0.05) is 12.8 Å². The Labute approximate surface area is 262 Å². The van der Waals surface area contributed by atoms with Gasteiger partial charge in [-0.15, -0.1) is 0 Å². The van der Waals surface area contributed by atoms with Crippen molar-refractivity contribution in [3.8, 4) is 0 Å². The quantitative estimate of drug-likeness (QED) is 0.170.